The molecule has 5 heteroatoms. The van der Waals surface area contributed by atoms with Crippen LogP contribution in [0.5, 0.6) is 5.75 Å². The molecule has 1 aliphatic rings. The van der Waals surface area contributed by atoms with Gasteiger partial charge >= 0.3 is 7.69 Å². The van der Waals surface area contributed by atoms with E-state index in [1.165, 1.54) is 49.6 Å². The summed E-state index contributed by atoms with van der Waals surface area (Å²) in [6.45, 7) is 4.62. The summed E-state index contributed by atoms with van der Waals surface area (Å²) in [4.78, 5) is 2.28. The summed E-state index contributed by atoms with van der Waals surface area (Å²) in [6, 6.07) is 58.2. The minimum absolute atomic E-state index is 0.117. The van der Waals surface area contributed by atoms with Crippen molar-refractivity contribution < 1.29 is 9.68 Å². The van der Waals surface area contributed by atoms with Crippen molar-refractivity contribution in [1.29, 1.82) is 0 Å². The van der Waals surface area contributed by atoms with Crippen molar-refractivity contribution in [3.63, 3.8) is 0 Å². The predicted molar refractivity (Wildman–Crippen MR) is 207 cm³/mol. The van der Waals surface area contributed by atoms with Crippen molar-refractivity contribution in [3.8, 4) is 33.7 Å². The third-order valence-corrected chi connectivity index (χ3v) is 10.3. The molecule has 0 amide bonds. The Bertz CT molecular complexity index is 2520. The smallest absolute Gasteiger partial charge is 0.537 e. The van der Waals surface area contributed by atoms with Gasteiger partial charge < -0.3 is 19.1 Å². The Labute approximate surface area is 292 Å². The lowest BCUT2D eigenvalue weighted by molar-refractivity contribution is 0.454. The molecule has 239 valence electrons. The molecule has 9 rings (SSSR count). The quantitative estimate of drug-likeness (QED) is 0.175. The Kier molecular flexibility index (Phi) is 7.11. The normalized spacial score (nSPS) is 12.9. The molecule has 1 radical (unpaired) electrons. The van der Waals surface area contributed by atoms with Gasteiger partial charge in [0.1, 0.15) is 5.75 Å². The summed E-state index contributed by atoms with van der Waals surface area (Å²) in [5.74, 6) is 0.570. The van der Waals surface area contributed by atoms with Gasteiger partial charge in [-0.1, -0.05) is 98.8 Å². The molecule has 0 saturated heterocycles. The molecule has 0 saturated carbocycles. The molecular weight excluding hydrogens is 611 g/mol. The second-order valence-corrected chi connectivity index (χ2v) is 13.4. The summed E-state index contributed by atoms with van der Waals surface area (Å²) >= 11 is 0. The Balaban J connectivity index is 1.13. The SMILES string of the molecule is CC1(C)c2ccccc2-c2ccc(N(c3ccc(O[B]O)cc3)c3ccc(-c4ccc5c(c4)c4ccccc4n5-c4ccccc4)cc3)cc21. The summed E-state index contributed by atoms with van der Waals surface area (Å²) in [6.07, 6.45) is 0. The molecule has 0 bridgehead atoms. The molecule has 1 aromatic heterocycles. The van der Waals surface area contributed by atoms with E-state index in [1.54, 1.807) is 0 Å². The van der Waals surface area contributed by atoms with E-state index in [-0.39, 0.29) is 5.41 Å². The van der Waals surface area contributed by atoms with E-state index < -0.39 is 0 Å². The van der Waals surface area contributed by atoms with Crippen molar-refractivity contribution in [2.75, 3.05) is 4.90 Å². The van der Waals surface area contributed by atoms with Gasteiger partial charge in [0.15, 0.2) is 0 Å². The maximum absolute atomic E-state index is 9.19. The summed E-state index contributed by atoms with van der Waals surface area (Å²) in [7, 11) is 0.711. The molecular formula is C45H34BN2O2. The van der Waals surface area contributed by atoms with Crippen LogP contribution in [0.1, 0.15) is 25.0 Å². The molecule has 50 heavy (non-hydrogen) atoms. The van der Waals surface area contributed by atoms with Gasteiger partial charge in [-0.05, 0) is 112 Å². The lowest BCUT2D eigenvalue weighted by Crippen LogP contribution is -2.16. The second kappa shape index (κ2) is 11.8. The molecule has 8 aromatic rings. The fourth-order valence-electron chi connectivity index (χ4n) is 7.82. The highest BCUT2D eigenvalue weighted by Gasteiger charge is 2.35. The minimum Gasteiger partial charge on any atom is -0.537 e. The molecule has 0 unspecified atom stereocenters. The van der Waals surface area contributed by atoms with E-state index in [4.69, 9.17) is 4.65 Å². The van der Waals surface area contributed by atoms with Crippen LogP contribution >= 0.6 is 0 Å². The summed E-state index contributed by atoms with van der Waals surface area (Å²) in [5, 5.41) is 11.7. The minimum atomic E-state index is -0.117. The highest BCUT2D eigenvalue weighted by molar-refractivity contribution is 6.17. The molecule has 1 N–H and O–H groups in total. The number of para-hydroxylation sites is 2. The topological polar surface area (TPSA) is 37.6 Å². The molecule has 0 fully saturated rings. The van der Waals surface area contributed by atoms with Crippen LogP contribution in [-0.2, 0) is 5.41 Å². The molecule has 1 aliphatic carbocycles. The third-order valence-electron chi connectivity index (χ3n) is 10.3. The highest BCUT2D eigenvalue weighted by Crippen LogP contribution is 2.50. The first-order valence-corrected chi connectivity index (χ1v) is 17.0. The van der Waals surface area contributed by atoms with Gasteiger partial charge in [0.25, 0.3) is 0 Å². The molecule has 0 aliphatic heterocycles. The number of nitrogens with zero attached hydrogens (tertiary/aromatic N) is 2. The average molecular weight is 646 g/mol. The first-order valence-electron chi connectivity index (χ1n) is 17.0. The zero-order chi connectivity index (χ0) is 33.8. The van der Waals surface area contributed by atoms with E-state index in [0.717, 1.165) is 28.3 Å². The van der Waals surface area contributed by atoms with E-state index in [9.17, 15) is 5.02 Å². The predicted octanol–water partition coefficient (Wildman–Crippen LogP) is 11.1. The zero-order valence-electron chi connectivity index (χ0n) is 27.9. The van der Waals surface area contributed by atoms with Crippen molar-refractivity contribution in [1.82, 2.24) is 4.57 Å². The first-order chi connectivity index (χ1) is 24.5. The van der Waals surface area contributed by atoms with Crippen molar-refractivity contribution in [3.05, 3.63) is 175 Å². The molecule has 1 heterocycles. The largest absolute Gasteiger partial charge is 0.569 e. The van der Waals surface area contributed by atoms with Crippen LogP contribution in [0.4, 0.5) is 17.1 Å². The Morgan fingerprint density at radius 1 is 0.540 bits per heavy atom. The lowest BCUT2D eigenvalue weighted by atomic mass is 9.82. The maximum Gasteiger partial charge on any atom is 0.569 e. The zero-order valence-corrected chi connectivity index (χ0v) is 27.9. The van der Waals surface area contributed by atoms with E-state index in [0.29, 0.717) is 13.4 Å². The number of aromatic nitrogens is 1. The molecule has 0 atom stereocenters. The second-order valence-electron chi connectivity index (χ2n) is 13.4. The van der Waals surface area contributed by atoms with Crippen LogP contribution < -0.4 is 9.55 Å². The number of benzene rings is 7. The molecule has 7 aromatic carbocycles. The fourth-order valence-corrected chi connectivity index (χ4v) is 7.82. The van der Waals surface area contributed by atoms with Gasteiger partial charge in [0, 0.05) is 38.9 Å². The van der Waals surface area contributed by atoms with Crippen LogP contribution in [-0.4, -0.2) is 17.3 Å². The Morgan fingerprint density at radius 3 is 1.94 bits per heavy atom. The first kappa shape index (κ1) is 30.1. The van der Waals surface area contributed by atoms with Crippen LogP contribution in [0.15, 0.2) is 164 Å². The number of rotatable bonds is 7. The van der Waals surface area contributed by atoms with Crippen molar-refractivity contribution in [2.24, 2.45) is 0 Å². The lowest BCUT2D eigenvalue weighted by Gasteiger charge is -2.28. The standard InChI is InChI=1S/C45H34BN2O2/c1-45(2)41-14-8-6-12-37(41)38-26-23-35(29-42(38)45)47(34-21-24-36(25-22-34)50-46-49)33-19-16-30(17-20-33)31-18-27-44-40(28-31)39-13-7-9-15-43(39)48(44)32-10-4-3-5-11-32/h3-29,49H,1-2H3. The Morgan fingerprint density at radius 2 is 1.16 bits per heavy atom. The van der Waals surface area contributed by atoms with Crippen LogP contribution in [0, 0.1) is 0 Å². The highest BCUT2D eigenvalue weighted by atomic mass is 16.5. The van der Waals surface area contributed by atoms with Crippen LogP contribution in [0.3, 0.4) is 0 Å². The van der Waals surface area contributed by atoms with Gasteiger partial charge in [0.05, 0.1) is 11.0 Å². The molecule has 0 spiro atoms. The van der Waals surface area contributed by atoms with Gasteiger partial charge in [-0.3, -0.25) is 0 Å². The van der Waals surface area contributed by atoms with Crippen LogP contribution in [0.25, 0.3) is 49.7 Å². The average Bonchev–Trinajstić information content (AvgIpc) is 3.61. The number of hydrogen-bond donors (Lipinski definition) is 1. The van der Waals surface area contributed by atoms with Gasteiger partial charge in [-0.15, -0.1) is 0 Å². The van der Waals surface area contributed by atoms with Crippen LogP contribution in [0.2, 0.25) is 0 Å². The van der Waals surface area contributed by atoms with Crippen molar-refractivity contribution in [2.45, 2.75) is 19.3 Å². The van der Waals surface area contributed by atoms with E-state index in [2.05, 4.69) is 163 Å². The van der Waals surface area contributed by atoms with E-state index in [1.807, 2.05) is 24.3 Å². The number of anilines is 3. The number of hydrogen-bond acceptors (Lipinski definition) is 3. The Hall–Kier alpha value is -6.04. The van der Waals surface area contributed by atoms with Gasteiger partial charge in [0.2, 0.25) is 0 Å². The van der Waals surface area contributed by atoms with Gasteiger partial charge in [-0.2, -0.15) is 0 Å². The maximum atomic E-state index is 9.19. The monoisotopic (exact) mass is 645 g/mol. The van der Waals surface area contributed by atoms with E-state index >= 15 is 0 Å². The third kappa shape index (κ3) is 4.81. The summed E-state index contributed by atoms with van der Waals surface area (Å²) < 4.78 is 7.58. The fraction of sp³-hybridized carbons (Fsp3) is 0.0667. The number of fused-ring (bicyclic) bond motifs is 6. The van der Waals surface area contributed by atoms with Gasteiger partial charge in [-0.25, -0.2) is 0 Å². The molecule has 4 nitrogen and oxygen atoms in total. The summed E-state index contributed by atoms with van der Waals surface area (Å²) in [5.41, 5.74) is 14.1. The van der Waals surface area contributed by atoms with Crippen molar-refractivity contribution >= 4 is 46.6 Å².